The first kappa shape index (κ1) is 10.9. The van der Waals surface area contributed by atoms with E-state index in [1.165, 1.54) is 20.3 Å². The van der Waals surface area contributed by atoms with E-state index in [1.807, 2.05) is 0 Å². The zero-order valence-electron chi connectivity index (χ0n) is 8.09. The predicted molar refractivity (Wildman–Crippen MR) is 48.8 cm³/mol. The van der Waals surface area contributed by atoms with E-state index in [9.17, 15) is 14.9 Å². The number of esters is 1. The number of hydrogen-bond acceptors (Lipinski definition) is 6. The number of hydrogen-bond donors (Lipinski definition) is 0. The van der Waals surface area contributed by atoms with Crippen LogP contribution in [-0.4, -0.2) is 30.1 Å². The summed E-state index contributed by atoms with van der Waals surface area (Å²) in [6.45, 7) is 0. The molecule has 0 atom stereocenters. The van der Waals surface area contributed by atoms with Crippen molar-refractivity contribution < 1.29 is 19.2 Å². The van der Waals surface area contributed by atoms with Crippen molar-refractivity contribution in [1.29, 1.82) is 0 Å². The second kappa shape index (κ2) is 4.36. The van der Waals surface area contributed by atoms with Gasteiger partial charge in [0.25, 0.3) is 5.88 Å². The lowest BCUT2D eigenvalue weighted by molar-refractivity contribution is -0.386. The smallest absolute Gasteiger partial charge is 0.356 e. The summed E-state index contributed by atoms with van der Waals surface area (Å²) in [6.07, 6.45) is 0. The van der Waals surface area contributed by atoms with Crippen molar-refractivity contribution in [3.63, 3.8) is 0 Å². The van der Waals surface area contributed by atoms with E-state index in [1.54, 1.807) is 0 Å². The zero-order chi connectivity index (χ0) is 11.4. The first-order chi connectivity index (χ1) is 7.10. The van der Waals surface area contributed by atoms with E-state index in [4.69, 9.17) is 0 Å². The van der Waals surface area contributed by atoms with E-state index in [0.717, 1.165) is 6.07 Å². The molecule has 1 rings (SSSR count). The molecule has 0 spiro atoms. The van der Waals surface area contributed by atoms with Gasteiger partial charge in [-0.25, -0.2) is 9.78 Å². The molecule has 1 heterocycles. The van der Waals surface area contributed by atoms with Gasteiger partial charge in [0.05, 0.1) is 19.1 Å². The second-order valence-electron chi connectivity index (χ2n) is 2.47. The Balaban J connectivity index is 3.19. The first-order valence-electron chi connectivity index (χ1n) is 3.88. The van der Waals surface area contributed by atoms with Gasteiger partial charge in [-0.3, -0.25) is 10.1 Å². The lowest BCUT2D eigenvalue weighted by Crippen LogP contribution is -2.06. The van der Waals surface area contributed by atoms with E-state index in [0.29, 0.717) is 0 Å². The van der Waals surface area contributed by atoms with Gasteiger partial charge in [0.2, 0.25) is 0 Å². The maximum absolute atomic E-state index is 11.1. The number of methoxy groups -OCH3 is 2. The van der Waals surface area contributed by atoms with E-state index < -0.39 is 10.9 Å². The van der Waals surface area contributed by atoms with Crippen LogP contribution in [0.1, 0.15) is 10.5 Å². The molecule has 7 heteroatoms. The van der Waals surface area contributed by atoms with Gasteiger partial charge in [-0.2, -0.15) is 0 Å². The minimum atomic E-state index is -0.678. The molecule has 0 bridgehead atoms. The summed E-state index contributed by atoms with van der Waals surface area (Å²) in [7, 11) is 2.42. The Bertz CT molecular complexity index is 404. The minimum absolute atomic E-state index is 0.0417. The molecule has 0 unspecified atom stereocenters. The highest BCUT2D eigenvalue weighted by Crippen LogP contribution is 2.23. The normalized spacial score (nSPS) is 9.47. The summed E-state index contributed by atoms with van der Waals surface area (Å²) in [5, 5.41) is 10.5. The quantitative estimate of drug-likeness (QED) is 0.417. The molecule has 0 saturated heterocycles. The number of carbonyl (C=O) groups is 1. The van der Waals surface area contributed by atoms with Crippen LogP contribution in [0.2, 0.25) is 0 Å². The highest BCUT2D eigenvalue weighted by atomic mass is 16.6. The van der Waals surface area contributed by atoms with Crippen LogP contribution in [0.25, 0.3) is 0 Å². The number of pyridine rings is 1. The van der Waals surface area contributed by atoms with Crippen LogP contribution in [0.4, 0.5) is 5.69 Å². The van der Waals surface area contributed by atoms with Crippen molar-refractivity contribution in [1.82, 2.24) is 4.98 Å². The molecule has 7 nitrogen and oxygen atoms in total. The largest absolute Gasteiger partial charge is 0.476 e. The fourth-order valence-corrected chi connectivity index (χ4v) is 0.941. The van der Waals surface area contributed by atoms with Crippen LogP contribution < -0.4 is 4.74 Å². The summed E-state index contributed by atoms with van der Waals surface area (Å²) >= 11 is 0. The summed E-state index contributed by atoms with van der Waals surface area (Å²) < 4.78 is 9.09. The average Bonchev–Trinajstić information content (AvgIpc) is 2.26. The van der Waals surface area contributed by atoms with Crippen LogP contribution in [-0.2, 0) is 4.74 Å². The van der Waals surface area contributed by atoms with Crippen LogP contribution >= 0.6 is 0 Å². The predicted octanol–water partition coefficient (Wildman–Crippen LogP) is 0.785. The lowest BCUT2D eigenvalue weighted by atomic mass is 10.3. The summed E-state index contributed by atoms with van der Waals surface area (Å²) in [6, 6.07) is 2.34. The molecule has 0 radical (unpaired) electrons. The van der Waals surface area contributed by atoms with Crippen LogP contribution in [0, 0.1) is 10.1 Å². The fourth-order valence-electron chi connectivity index (χ4n) is 0.941. The molecule has 15 heavy (non-hydrogen) atoms. The van der Waals surface area contributed by atoms with Crippen molar-refractivity contribution in [2.45, 2.75) is 0 Å². The molecule has 0 aliphatic heterocycles. The van der Waals surface area contributed by atoms with E-state index in [2.05, 4.69) is 14.5 Å². The number of ether oxygens (including phenoxy) is 2. The number of nitro groups is 1. The third-order valence-corrected chi connectivity index (χ3v) is 1.62. The molecule has 0 aromatic carbocycles. The van der Waals surface area contributed by atoms with Crippen LogP contribution in [0.5, 0.6) is 5.88 Å². The van der Waals surface area contributed by atoms with Gasteiger partial charge in [0.15, 0.2) is 5.69 Å². The monoisotopic (exact) mass is 212 g/mol. The Morgan fingerprint density at radius 2 is 2.13 bits per heavy atom. The molecule has 1 aromatic heterocycles. The van der Waals surface area contributed by atoms with Gasteiger partial charge in [-0.05, 0) is 6.07 Å². The fraction of sp³-hybridized carbons (Fsp3) is 0.250. The first-order valence-corrected chi connectivity index (χ1v) is 3.88. The van der Waals surface area contributed by atoms with Crippen molar-refractivity contribution in [2.75, 3.05) is 14.2 Å². The molecule has 0 fully saturated rings. The molecular weight excluding hydrogens is 204 g/mol. The molecule has 0 amide bonds. The third kappa shape index (κ3) is 2.19. The maximum atomic E-state index is 11.1. The van der Waals surface area contributed by atoms with Gasteiger partial charge in [-0.1, -0.05) is 0 Å². The topological polar surface area (TPSA) is 91.6 Å². The second-order valence-corrected chi connectivity index (χ2v) is 2.47. The van der Waals surface area contributed by atoms with Crippen molar-refractivity contribution in [2.24, 2.45) is 0 Å². The Hall–Kier alpha value is -2.18. The highest BCUT2D eigenvalue weighted by Gasteiger charge is 2.19. The van der Waals surface area contributed by atoms with Crippen LogP contribution in [0.3, 0.4) is 0 Å². The molecule has 0 saturated carbocycles. The van der Waals surface area contributed by atoms with Crippen molar-refractivity contribution >= 4 is 11.7 Å². The minimum Gasteiger partial charge on any atom is -0.476 e. The molecule has 1 aromatic rings. The van der Waals surface area contributed by atoms with Gasteiger partial charge in [0.1, 0.15) is 0 Å². The molecule has 0 aliphatic rings. The van der Waals surface area contributed by atoms with E-state index >= 15 is 0 Å². The Morgan fingerprint density at radius 3 is 2.60 bits per heavy atom. The number of rotatable bonds is 3. The Labute approximate surface area is 84.8 Å². The van der Waals surface area contributed by atoms with Gasteiger partial charge in [-0.15, -0.1) is 0 Å². The van der Waals surface area contributed by atoms with E-state index in [-0.39, 0.29) is 17.3 Å². The highest BCUT2D eigenvalue weighted by molar-refractivity contribution is 5.87. The van der Waals surface area contributed by atoms with Gasteiger partial charge < -0.3 is 9.47 Å². The van der Waals surface area contributed by atoms with Gasteiger partial charge in [0, 0.05) is 6.07 Å². The third-order valence-electron chi connectivity index (χ3n) is 1.62. The standard InChI is InChI=1S/C8H8N2O5/c1-14-7-6(10(12)13)4-3-5(9-7)8(11)15-2/h3-4H,1-2H3. The average molecular weight is 212 g/mol. The summed E-state index contributed by atoms with van der Waals surface area (Å²) in [5.74, 6) is -0.897. The number of nitrogens with zero attached hydrogens (tertiary/aromatic N) is 2. The molecule has 0 N–H and O–H groups in total. The SMILES string of the molecule is COC(=O)c1ccc([N+](=O)[O-])c(OC)n1. The number of aromatic nitrogens is 1. The molecule has 0 aliphatic carbocycles. The molecule has 80 valence electrons. The van der Waals surface area contributed by atoms with Crippen LogP contribution in [0.15, 0.2) is 12.1 Å². The maximum Gasteiger partial charge on any atom is 0.356 e. The van der Waals surface area contributed by atoms with Crippen molar-refractivity contribution in [3.8, 4) is 5.88 Å². The molecular formula is C8H8N2O5. The Kier molecular flexibility index (Phi) is 3.17. The summed E-state index contributed by atoms with van der Waals surface area (Å²) in [5.41, 5.74) is -0.342. The van der Waals surface area contributed by atoms with Gasteiger partial charge >= 0.3 is 11.7 Å². The summed E-state index contributed by atoms with van der Waals surface area (Å²) in [4.78, 5) is 24.6. The zero-order valence-corrected chi connectivity index (χ0v) is 8.09. The number of carbonyl (C=O) groups excluding carboxylic acids is 1. The van der Waals surface area contributed by atoms with Crippen molar-refractivity contribution in [3.05, 3.63) is 27.9 Å². The Morgan fingerprint density at radius 1 is 1.47 bits per heavy atom. The lowest BCUT2D eigenvalue weighted by Gasteiger charge is -2.02.